The molecule has 1 nitrogen and oxygen atoms in total. The van der Waals surface area contributed by atoms with Gasteiger partial charge in [0.25, 0.3) is 0 Å². The van der Waals surface area contributed by atoms with E-state index in [2.05, 4.69) is 37.3 Å². The van der Waals surface area contributed by atoms with Gasteiger partial charge in [-0.15, -0.1) is 0 Å². The van der Waals surface area contributed by atoms with Crippen molar-refractivity contribution in [2.45, 2.75) is 76.7 Å². The number of rotatable bonds is 6. The van der Waals surface area contributed by atoms with Crippen LogP contribution in [-0.4, -0.2) is 10.7 Å². The Kier molecular flexibility index (Phi) is 6.09. The second-order valence-electron chi connectivity index (χ2n) is 6.65. The standard InChI is InChI=1S/C19H30O/c1-2-8-17-11-6-14-19(20,16-13-17)15-7-12-18-9-4-3-5-10-18/h3-5,9-10,17,20H,2,6-8,11-16H2,1H3. The van der Waals surface area contributed by atoms with Gasteiger partial charge in [-0.1, -0.05) is 62.9 Å². The molecule has 1 aromatic carbocycles. The predicted molar refractivity (Wildman–Crippen MR) is 85.8 cm³/mol. The maximum absolute atomic E-state index is 10.8. The van der Waals surface area contributed by atoms with Crippen LogP contribution in [0.2, 0.25) is 0 Å². The second-order valence-corrected chi connectivity index (χ2v) is 6.65. The second kappa shape index (κ2) is 7.83. The van der Waals surface area contributed by atoms with Crippen LogP contribution in [0.4, 0.5) is 0 Å². The van der Waals surface area contributed by atoms with Crippen LogP contribution in [0.25, 0.3) is 0 Å². The summed E-state index contributed by atoms with van der Waals surface area (Å²) in [5.74, 6) is 0.864. The Morgan fingerprint density at radius 1 is 1.15 bits per heavy atom. The third kappa shape index (κ3) is 4.94. The monoisotopic (exact) mass is 274 g/mol. The molecule has 0 spiro atoms. The molecule has 1 saturated carbocycles. The molecule has 1 fully saturated rings. The van der Waals surface area contributed by atoms with Gasteiger partial charge in [-0.2, -0.15) is 0 Å². The third-order valence-corrected chi connectivity index (χ3v) is 4.92. The van der Waals surface area contributed by atoms with E-state index in [0.717, 1.165) is 38.0 Å². The highest BCUT2D eigenvalue weighted by atomic mass is 16.3. The van der Waals surface area contributed by atoms with Crippen molar-refractivity contribution in [2.75, 3.05) is 0 Å². The number of aliphatic hydroxyl groups is 1. The van der Waals surface area contributed by atoms with Gasteiger partial charge in [0, 0.05) is 0 Å². The van der Waals surface area contributed by atoms with E-state index in [9.17, 15) is 5.11 Å². The van der Waals surface area contributed by atoms with Crippen LogP contribution >= 0.6 is 0 Å². The minimum Gasteiger partial charge on any atom is -0.390 e. The number of hydrogen-bond acceptors (Lipinski definition) is 1. The first-order valence-electron chi connectivity index (χ1n) is 8.48. The summed E-state index contributed by atoms with van der Waals surface area (Å²) in [6.07, 6.45) is 11.6. The molecule has 0 radical (unpaired) electrons. The maximum atomic E-state index is 10.8. The molecule has 2 atom stereocenters. The lowest BCUT2D eigenvalue weighted by atomic mass is 9.87. The molecule has 0 amide bonds. The Balaban J connectivity index is 1.76. The number of hydrogen-bond donors (Lipinski definition) is 1. The largest absolute Gasteiger partial charge is 0.390 e. The minimum atomic E-state index is -0.378. The molecule has 1 aromatic rings. The van der Waals surface area contributed by atoms with Crippen LogP contribution in [0.1, 0.15) is 70.3 Å². The maximum Gasteiger partial charge on any atom is 0.0648 e. The van der Waals surface area contributed by atoms with Gasteiger partial charge in [-0.25, -0.2) is 0 Å². The summed E-state index contributed by atoms with van der Waals surface area (Å²) in [6, 6.07) is 10.6. The Bertz CT molecular complexity index is 373. The van der Waals surface area contributed by atoms with Crippen molar-refractivity contribution < 1.29 is 5.11 Å². The SMILES string of the molecule is CCCC1CCCC(O)(CCCc2ccccc2)CC1. The fourth-order valence-corrected chi connectivity index (χ4v) is 3.68. The highest BCUT2D eigenvalue weighted by molar-refractivity contribution is 5.14. The Labute approximate surface area is 124 Å². The van der Waals surface area contributed by atoms with Crippen molar-refractivity contribution in [3.05, 3.63) is 35.9 Å². The molecule has 1 aliphatic carbocycles. The summed E-state index contributed by atoms with van der Waals surface area (Å²) in [5.41, 5.74) is 1.02. The summed E-state index contributed by atoms with van der Waals surface area (Å²) >= 11 is 0. The molecular weight excluding hydrogens is 244 g/mol. The Morgan fingerprint density at radius 2 is 1.95 bits per heavy atom. The number of benzene rings is 1. The fraction of sp³-hybridized carbons (Fsp3) is 0.684. The van der Waals surface area contributed by atoms with Crippen LogP contribution in [0, 0.1) is 5.92 Å². The molecule has 0 aromatic heterocycles. The van der Waals surface area contributed by atoms with E-state index >= 15 is 0 Å². The van der Waals surface area contributed by atoms with Gasteiger partial charge in [-0.05, 0) is 50.0 Å². The van der Waals surface area contributed by atoms with E-state index in [0.29, 0.717) is 0 Å². The smallest absolute Gasteiger partial charge is 0.0648 e. The van der Waals surface area contributed by atoms with Gasteiger partial charge in [0.05, 0.1) is 5.60 Å². The molecule has 20 heavy (non-hydrogen) atoms. The topological polar surface area (TPSA) is 20.2 Å². The van der Waals surface area contributed by atoms with E-state index in [-0.39, 0.29) is 5.60 Å². The van der Waals surface area contributed by atoms with Crippen molar-refractivity contribution in [3.63, 3.8) is 0 Å². The molecule has 0 bridgehead atoms. The first kappa shape index (κ1) is 15.6. The Morgan fingerprint density at radius 3 is 2.70 bits per heavy atom. The van der Waals surface area contributed by atoms with E-state index in [1.807, 2.05) is 0 Å². The molecule has 0 saturated heterocycles. The zero-order valence-electron chi connectivity index (χ0n) is 13.0. The quantitative estimate of drug-likeness (QED) is 0.714. The van der Waals surface area contributed by atoms with E-state index in [1.54, 1.807) is 0 Å². The van der Waals surface area contributed by atoms with Crippen molar-refractivity contribution in [2.24, 2.45) is 5.92 Å². The first-order chi connectivity index (χ1) is 9.72. The lowest BCUT2D eigenvalue weighted by Gasteiger charge is -2.26. The van der Waals surface area contributed by atoms with Crippen LogP contribution in [0.3, 0.4) is 0 Å². The van der Waals surface area contributed by atoms with Gasteiger partial charge in [0.2, 0.25) is 0 Å². The molecule has 1 N–H and O–H groups in total. The summed E-state index contributed by atoms with van der Waals surface area (Å²) < 4.78 is 0. The zero-order valence-corrected chi connectivity index (χ0v) is 13.0. The van der Waals surface area contributed by atoms with Crippen molar-refractivity contribution in [3.8, 4) is 0 Å². The lowest BCUT2D eigenvalue weighted by Crippen LogP contribution is -2.27. The minimum absolute atomic E-state index is 0.378. The average Bonchev–Trinajstić information content (AvgIpc) is 2.63. The van der Waals surface area contributed by atoms with Gasteiger partial charge in [-0.3, -0.25) is 0 Å². The normalized spacial score (nSPS) is 27.2. The van der Waals surface area contributed by atoms with Crippen LogP contribution in [0.5, 0.6) is 0 Å². The highest BCUT2D eigenvalue weighted by Gasteiger charge is 2.29. The van der Waals surface area contributed by atoms with Gasteiger partial charge in [0.1, 0.15) is 0 Å². The molecule has 112 valence electrons. The summed E-state index contributed by atoms with van der Waals surface area (Å²) in [5, 5.41) is 10.8. The van der Waals surface area contributed by atoms with E-state index in [4.69, 9.17) is 0 Å². The first-order valence-corrected chi connectivity index (χ1v) is 8.48. The highest BCUT2D eigenvalue weighted by Crippen LogP contribution is 2.35. The predicted octanol–water partition coefficient (Wildman–Crippen LogP) is 5.12. The number of aryl methyl sites for hydroxylation is 1. The summed E-state index contributed by atoms with van der Waals surface area (Å²) in [6.45, 7) is 2.27. The average molecular weight is 274 g/mol. The molecule has 0 aliphatic heterocycles. The van der Waals surface area contributed by atoms with Crippen molar-refractivity contribution in [1.29, 1.82) is 0 Å². The lowest BCUT2D eigenvalue weighted by molar-refractivity contribution is 0.0136. The van der Waals surface area contributed by atoms with Gasteiger partial charge in [0.15, 0.2) is 0 Å². The Hall–Kier alpha value is -0.820. The van der Waals surface area contributed by atoms with Crippen LogP contribution < -0.4 is 0 Å². The van der Waals surface area contributed by atoms with Crippen LogP contribution in [-0.2, 0) is 6.42 Å². The van der Waals surface area contributed by atoms with Crippen molar-refractivity contribution >= 4 is 0 Å². The van der Waals surface area contributed by atoms with Gasteiger partial charge < -0.3 is 5.11 Å². The van der Waals surface area contributed by atoms with Gasteiger partial charge >= 0.3 is 0 Å². The van der Waals surface area contributed by atoms with Crippen molar-refractivity contribution in [1.82, 2.24) is 0 Å². The molecule has 2 rings (SSSR count). The summed E-state index contributed by atoms with van der Waals surface area (Å²) in [4.78, 5) is 0. The van der Waals surface area contributed by atoms with Crippen LogP contribution in [0.15, 0.2) is 30.3 Å². The fourth-order valence-electron chi connectivity index (χ4n) is 3.68. The molecule has 2 unspecified atom stereocenters. The molecular formula is C19H30O. The molecule has 0 heterocycles. The summed E-state index contributed by atoms with van der Waals surface area (Å²) in [7, 11) is 0. The van der Waals surface area contributed by atoms with E-state index in [1.165, 1.54) is 37.7 Å². The molecule has 1 heteroatoms. The third-order valence-electron chi connectivity index (χ3n) is 4.92. The molecule has 1 aliphatic rings. The van der Waals surface area contributed by atoms with E-state index < -0.39 is 0 Å². The zero-order chi connectivity index (χ0) is 14.3.